The molecule has 1 aromatic rings. The van der Waals surface area contributed by atoms with Crippen LogP contribution in [-0.2, 0) is 12.8 Å². The van der Waals surface area contributed by atoms with Gasteiger partial charge in [-0.25, -0.2) is 0 Å². The number of benzene rings is 1. The Bertz CT molecular complexity index is 432. The zero-order valence-corrected chi connectivity index (χ0v) is 10.2. The maximum absolute atomic E-state index is 12.8. The van der Waals surface area contributed by atoms with Gasteiger partial charge in [-0.05, 0) is 37.6 Å². The molecular formula is C13H15F3O2. The molecule has 0 radical (unpaired) electrons. The Morgan fingerprint density at radius 3 is 2.50 bits per heavy atom. The topological polar surface area (TPSA) is 29.5 Å². The van der Waals surface area contributed by atoms with Gasteiger partial charge in [0.1, 0.15) is 12.4 Å². The van der Waals surface area contributed by atoms with Crippen molar-refractivity contribution >= 4 is 0 Å². The summed E-state index contributed by atoms with van der Waals surface area (Å²) in [6.45, 7) is 3.33. The highest BCUT2D eigenvalue weighted by molar-refractivity contribution is 5.39. The van der Waals surface area contributed by atoms with Gasteiger partial charge in [-0.3, -0.25) is 0 Å². The Balaban J connectivity index is 3.00. The molecule has 0 heterocycles. The van der Waals surface area contributed by atoms with Crippen molar-refractivity contribution in [3.8, 4) is 5.75 Å². The summed E-state index contributed by atoms with van der Waals surface area (Å²) in [5.74, 6) is -0.225. The van der Waals surface area contributed by atoms with E-state index in [0.717, 1.165) is 11.6 Å². The Kier molecular flexibility index (Phi) is 4.78. The zero-order valence-electron chi connectivity index (χ0n) is 10.2. The van der Waals surface area contributed by atoms with Gasteiger partial charge in [0, 0.05) is 0 Å². The first-order chi connectivity index (χ1) is 8.34. The summed E-state index contributed by atoms with van der Waals surface area (Å²) in [6, 6.07) is 3.54. The van der Waals surface area contributed by atoms with E-state index < -0.39 is 18.3 Å². The lowest BCUT2D eigenvalue weighted by molar-refractivity contribution is -0.138. The van der Waals surface area contributed by atoms with Crippen LogP contribution in [0.3, 0.4) is 0 Å². The summed E-state index contributed by atoms with van der Waals surface area (Å²) in [5, 5.41) is 8.85. The van der Waals surface area contributed by atoms with Crippen molar-refractivity contribution in [2.45, 2.75) is 26.6 Å². The molecule has 0 saturated heterocycles. The van der Waals surface area contributed by atoms with E-state index >= 15 is 0 Å². The van der Waals surface area contributed by atoms with Crippen LogP contribution in [-0.4, -0.2) is 11.7 Å². The number of hydrogen-bond donors (Lipinski definition) is 1. The summed E-state index contributed by atoms with van der Waals surface area (Å²) in [4.78, 5) is 0. The van der Waals surface area contributed by atoms with Crippen molar-refractivity contribution in [1.82, 2.24) is 0 Å². The predicted octanol–water partition coefficient (Wildman–Crippen LogP) is 3.54. The third-order valence-electron chi connectivity index (χ3n) is 2.26. The van der Waals surface area contributed by atoms with E-state index in [1.54, 1.807) is 6.08 Å². The van der Waals surface area contributed by atoms with E-state index in [0.29, 0.717) is 0 Å². The molecular weight excluding hydrogens is 245 g/mol. The Morgan fingerprint density at radius 1 is 1.33 bits per heavy atom. The van der Waals surface area contributed by atoms with Crippen LogP contribution < -0.4 is 4.74 Å². The van der Waals surface area contributed by atoms with Crippen LogP contribution in [0, 0.1) is 0 Å². The van der Waals surface area contributed by atoms with Crippen LogP contribution in [0.1, 0.15) is 25.0 Å². The molecule has 100 valence electrons. The first kappa shape index (κ1) is 14.6. The minimum atomic E-state index is -4.49. The standard InChI is InChI=1S/C13H15F3O2/c1-9(2)5-6-18-12-4-3-10(8-17)7-11(12)13(14,15)16/h3-5,7,17H,6,8H2,1-2H3. The molecule has 2 nitrogen and oxygen atoms in total. The van der Waals surface area contributed by atoms with Gasteiger partial charge in [0.2, 0.25) is 0 Å². The van der Waals surface area contributed by atoms with Crippen molar-refractivity contribution in [1.29, 1.82) is 0 Å². The summed E-state index contributed by atoms with van der Waals surface area (Å²) < 4.78 is 43.4. The molecule has 0 bridgehead atoms. The average molecular weight is 260 g/mol. The third-order valence-corrected chi connectivity index (χ3v) is 2.26. The second kappa shape index (κ2) is 5.91. The van der Waals surface area contributed by atoms with Crippen LogP contribution in [0.2, 0.25) is 0 Å². The van der Waals surface area contributed by atoms with E-state index in [9.17, 15) is 13.2 Å². The first-order valence-corrected chi connectivity index (χ1v) is 5.41. The molecule has 0 aromatic heterocycles. The number of rotatable bonds is 4. The molecule has 0 spiro atoms. The third kappa shape index (κ3) is 4.07. The highest BCUT2D eigenvalue weighted by atomic mass is 19.4. The second-order valence-corrected chi connectivity index (χ2v) is 4.08. The molecule has 1 N–H and O–H groups in total. The molecule has 0 atom stereocenters. The van der Waals surface area contributed by atoms with Gasteiger partial charge in [0.05, 0.1) is 12.2 Å². The average Bonchev–Trinajstić information content (AvgIpc) is 2.27. The molecule has 1 rings (SSSR count). The Hall–Kier alpha value is -1.49. The van der Waals surface area contributed by atoms with Crippen molar-refractivity contribution in [3.63, 3.8) is 0 Å². The monoisotopic (exact) mass is 260 g/mol. The SMILES string of the molecule is CC(C)=CCOc1ccc(CO)cc1C(F)(F)F. The fraction of sp³-hybridized carbons (Fsp3) is 0.385. The van der Waals surface area contributed by atoms with Gasteiger partial charge < -0.3 is 9.84 Å². The lowest BCUT2D eigenvalue weighted by Gasteiger charge is -2.14. The molecule has 0 fully saturated rings. The van der Waals surface area contributed by atoms with Crippen LogP contribution >= 0.6 is 0 Å². The molecule has 0 amide bonds. The minimum absolute atomic E-state index is 0.0872. The minimum Gasteiger partial charge on any atom is -0.489 e. The van der Waals surface area contributed by atoms with Gasteiger partial charge in [-0.2, -0.15) is 13.2 Å². The van der Waals surface area contributed by atoms with Gasteiger partial charge in [-0.1, -0.05) is 11.6 Å². The zero-order chi connectivity index (χ0) is 13.8. The number of halogens is 3. The fourth-order valence-electron chi connectivity index (χ4n) is 1.32. The van der Waals surface area contributed by atoms with Gasteiger partial charge in [0.25, 0.3) is 0 Å². The van der Waals surface area contributed by atoms with E-state index in [-0.39, 0.29) is 17.9 Å². The van der Waals surface area contributed by atoms with Crippen molar-refractivity contribution < 1.29 is 23.0 Å². The number of hydrogen-bond acceptors (Lipinski definition) is 2. The molecule has 5 heteroatoms. The summed E-state index contributed by atoms with van der Waals surface area (Å²) in [6.07, 6.45) is -2.80. The molecule has 1 aromatic carbocycles. The Labute approximate surface area is 104 Å². The lowest BCUT2D eigenvalue weighted by atomic mass is 10.1. The number of allylic oxidation sites excluding steroid dienone is 1. The number of alkyl halides is 3. The van der Waals surface area contributed by atoms with E-state index in [2.05, 4.69) is 0 Å². The lowest BCUT2D eigenvalue weighted by Crippen LogP contribution is -2.09. The number of ether oxygens (including phenoxy) is 1. The molecule has 18 heavy (non-hydrogen) atoms. The molecule has 0 saturated carbocycles. The van der Waals surface area contributed by atoms with Crippen LogP contribution in [0.4, 0.5) is 13.2 Å². The molecule has 0 aliphatic rings. The summed E-state index contributed by atoms with van der Waals surface area (Å²) in [5.41, 5.74) is 0.309. The normalized spacial score (nSPS) is 11.2. The van der Waals surface area contributed by atoms with Crippen molar-refractivity contribution in [2.75, 3.05) is 6.61 Å². The van der Waals surface area contributed by atoms with Gasteiger partial charge >= 0.3 is 6.18 Å². The maximum atomic E-state index is 12.8. The highest BCUT2D eigenvalue weighted by Gasteiger charge is 2.34. The molecule has 0 aliphatic heterocycles. The van der Waals surface area contributed by atoms with Crippen LogP contribution in [0.25, 0.3) is 0 Å². The predicted molar refractivity (Wildman–Crippen MR) is 62.3 cm³/mol. The fourth-order valence-corrected chi connectivity index (χ4v) is 1.32. The number of aliphatic hydroxyl groups is 1. The second-order valence-electron chi connectivity index (χ2n) is 4.08. The van der Waals surface area contributed by atoms with Gasteiger partial charge in [0.15, 0.2) is 0 Å². The quantitative estimate of drug-likeness (QED) is 0.839. The van der Waals surface area contributed by atoms with Crippen LogP contribution in [0.5, 0.6) is 5.75 Å². The molecule has 0 unspecified atom stereocenters. The van der Waals surface area contributed by atoms with E-state index in [4.69, 9.17) is 9.84 Å². The first-order valence-electron chi connectivity index (χ1n) is 5.41. The van der Waals surface area contributed by atoms with Crippen molar-refractivity contribution in [3.05, 3.63) is 41.0 Å². The maximum Gasteiger partial charge on any atom is 0.419 e. The molecule has 0 aliphatic carbocycles. The van der Waals surface area contributed by atoms with Crippen molar-refractivity contribution in [2.24, 2.45) is 0 Å². The summed E-state index contributed by atoms with van der Waals surface area (Å²) in [7, 11) is 0. The smallest absolute Gasteiger partial charge is 0.419 e. The number of aliphatic hydroxyl groups excluding tert-OH is 1. The van der Waals surface area contributed by atoms with E-state index in [1.807, 2.05) is 13.8 Å². The Morgan fingerprint density at radius 2 is 2.00 bits per heavy atom. The summed E-state index contributed by atoms with van der Waals surface area (Å²) >= 11 is 0. The highest BCUT2D eigenvalue weighted by Crippen LogP contribution is 2.36. The largest absolute Gasteiger partial charge is 0.489 e. The van der Waals surface area contributed by atoms with Gasteiger partial charge in [-0.15, -0.1) is 0 Å². The van der Waals surface area contributed by atoms with Crippen LogP contribution in [0.15, 0.2) is 29.8 Å². The van der Waals surface area contributed by atoms with E-state index in [1.165, 1.54) is 12.1 Å².